The number of aromatic nitrogens is 3. The van der Waals surface area contributed by atoms with Crippen LogP contribution in [0.15, 0.2) is 35.1 Å². The molecule has 0 aliphatic heterocycles. The van der Waals surface area contributed by atoms with Gasteiger partial charge in [-0.3, -0.25) is 10.1 Å². The van der Waals surface area contributed by atoms with Crippen molar-refractivity contribution >= 4 is 27.8 Å². The molecule has 23 heavy (non-hydrogen) atoms. The Kier molecular flexibility index (Phi) is 5.90. The molecular formula is C16H22BrN5O. The summed E-state index contributed by atoms with van der Waals surface area (Å²) in [5.41, 5.74) is 6.33. The largest absolute Gasteiger partial charge is 0.329 e. The zero-order valence-electron chi connectivity index (χ0n) is 13.4. The van der Waals surface area contributed by atoms with Crippen LogP contribution in [0.2, 0.25) is 0 Å². The molecule has 0 saturated heterocycles. The van der Waals surface area contributed by atoms with Crippen LogP contribution < -0.4 is 11.1 Å². The molecule has 1 aromatic carbocycles. The van der Waals surface area contributed by atoms with Gasteiger partial charge < -0.3 is 5.73 Å². The Hall–Kier alpha value is -1.73. The fourth-order valence-electron chi connectivity index (χ4n) is 2.44. The minimum absolute atomic E-state index is 0.120. The van der Waals surface area contributed by atoms with Crippen molar-refractivity contribution in [3.63, 3.8) is 0 Å². The van der Waals surface area contributed by atoms with Gasteiger partial charge in [-0.25, -0.2) is 9.67 Å². The standard InChI is InChI=1S/C16H22BrN5O/c1-3-16(4-2,10-18)14(23)20-15-19-11-22(21-15)9-12-6-5-7-13(17)8-12/h5-8,11H,3-4,9-10,18H2,1-2H3,(H,20,21,23). The van der Waals surface area contributed by atoms with Crippen LogP contribution in [-0.2, 0) is 11.3 Å². The molecule has 0 aliphatic rings. The van der Waals surface area contributed by atoms with Crippen LogP contribution in [-0.4, -0.2) is 27.2 Å². The molecule has 0 saturated carbocycles. The molecule has 0 unspecified atom stereocenters. The zero-order chi connectivity index (χ0) is 16.9. The third-order valence-electron chi connectivity index (χ3n) is 4.22. The number of nitrogens with two attached hydrogens (primary N) is 1. The Bertz CT molecular complexity index is 658. The monoisotopic (exact) mass is 379 g/mol. The highest BCUT2D eigenvalue weighted by atomic mass is 79.9. The van der Waals surface area contributed by atoms with Crippen molar-refractivity contribution in [2.75, 3.05) is 11.9 Å². The average Bonchev–Trinajstić information content (AvgIpc) is 2.96. The third kappa shape index (κ3) is 4.17. The van der Waals surface area contributed by atoms with Crippen molar-refractivity contribution in [1.29, 1.82) is 0 Å². The predicted octanol–water partition coefficient (Wildman–Crippen LogP) is 2.79. The number of benzene rings is 1. The number of amides is 1. The van der Waals surface area contributed by atoms with E-state index in [1.807, 2.05) is 38.1 Å². The molecule has 124 valence electrons. The van der Waals surface area contributed by atoms with Gasteiger partial charge in [-0.15, -0.1) is 5.10 Å². The summed E-state index contributed by atoms with van der Waals surface area (Å²) in [6.45, 7) is 4.83. The molecule has 2 rings (SSSR count). The summed E-state index contributed by atoms with van der Waals surface area (Å²) in [5, 5.41) is 7.09. The van der Waals surface area contributed by atoms with Gasteiger partial charge in [0, 0.05) is 11.0 Å². The van der Waals surface area contributed by atoms with E-state index >= 15 is 0 Å². The first-order valence-corrected chi connectivity index (χ1v) is 8.47. The first-order valence-electron chi connectivity index (χ1n) is 7.68. The summed E-state index contributed by atoms with van der Waals surface area (Å²) >= 11 is 3.44. The van der Waals surface area contributed by atoms with E-state index < -0.39 is 5.41 Å². The molecule has 3 N–H and O–H groups in total. The van der Waals surface area contributed by atoms with Crippen LogP contribution in [0.5, 0.6) is 0 Å². The summed E-state index contributed by atoms with van der Waals surface area (Å²) in [4.78, 5) is 16.6. The van der Waals surface area contributed by atoms with Gasteiger partial charge in [-0.2, -0.15) is 0 Å². The summed E-state index contributed by atoms with van der Waals surface area (Å²) in [7, 11) is 0. The number of halogens is 1. The van der Waals surface area contributed by atoms with E-state index in [1.54, 1.807) is 11.0 Å². The van der Waals surface area contributed by atoms with Crippen molar-refractivity contribution in [2.45, 2.75) is 33.2 Å². The molecule has 0 bridgehead atoms. The second kappa shape index (κ2) is 7.70. The highest BCUT2D eigenvalue weighted by Crippen LogP contribution is 2.26. The second-order valence-electron chi connectivity index (χ2n) is 5.54. The molecule has 1 aromatic heterocycles. The molecule has 0 atom stereocenters. The fraction of sp³-hybridized carbons (Fsp3) is 0.438. The van der Waals surface area contributed by atoms with Gasteiger partial charge >= 0.3 is 0 Å². The van der Waals surface area contributed by atoms with Gasteiger partial charge in [0.1, 0.15) is 6.33 Å². The van der Waals surface area contributed by atoms with Crippen molar-refractivity contribution in [2.24, 2.45) is 11.1 Å². The molecule has 2 aromatic rings. The number of nitrogens with zero attached hydrogens (tertiary/aromatic N) is 3. The molecule has 0 spiro atoms. The topological polar surface area (TPSA) is 85.8 Å². The number of carbonyl (C=O) groups excluding carboxylic acids is 1. The number of nitrogens with one attached hydrogen (secondary N) is 1. The Morgan fingerprint density at radius 1 is 1.39 bits per heavy atom. The fourth-order valence-corrected chi connectivity index (χ4v) is 2.88. The summed E-state index contributed by atoms with van der Waals surface area (Å²) in [6, 6.07) is 7.97. The maximum absolute atomic E-state index is 12.5. The Morgan fingerprint density at radius 3 is 2.74 bits per heavy atom. The van der Waals surface area contributed by atoms with E-state index in [0.29, 0.717) is 31.9 Å². The van der Waals surface area contributed by atoms with Gasteiger partial charge in [-0.05, 0) is 30.5 Å². The molecule has 6 nitrogen and oxygen atoms in total. The quantitative estimate of drug-likeness (QED) is 0.774. The van der Waals surface area contributed by atoms with Gasteiger partial charge in [0.2, 0.25) is 11.9 Å². The number of hydrogen-bond donors (Lipinski definition) is 2. The molecular weight excluding hydrogens is 358 g/mol. The number of carbonyl (C=O) groups is 1. The molecule has 0 aliphatic carbocycles. The van der Waals surface area contributed by atoms with Crippen molar-refractivity contribution < 1.29 is 4.79 Å². The van der Waals surface area contributed by atoms with Gasteiger partial charge in [0.05, 0.1) is 12.0 Å². The summed E-state index contributed by atoms with van der Waals surface area (Å²) in [6.07, 6.45) is 2.98. The van der Waals surface area contributed by atoms with Crippen LogP contribution in [0.1, 0.15) is 32.3 Å². The smallest absolute Gasteiger partial charge is 0.248 e. The van der Waals surface area contributed by atoms with E-state index in [4.69, 9.17) is 5.73 Å². The van der Waals surface area contributed by atoms with Crippen LogP contribution >= 0.6 is 15.9 Å². The van der Waals surface area contributed by atoms with Crippen molar-refractivity contribution in [3.05, 3.63) is 40.6 Å². The van der Waals surface area contributed by atoms with E-state index in [-0.39, 0.29) is 5.91 Å². The summed E-state index contributed by atoms with van der Waals surface area (Å²) in [5.74, 6) is 0.190. The van der Waals surface area contributed by atoms with E-state index in [2.05, 4.69) is 31.3 Å². The lowest BCUT2D eigenvalue weighted by Crippen LogP contribution is -2.41. The molecule has 1 amide bonds. The van der Waals surface area contributed by atoms with Crippen molar-refractivity contribution in [3.8, 4) is 0 Å². The first-order chi connectivity index (χ1) is 11.0. The Morgan fingerprint density at radius 2 is 2.13 bits per heavy atom. The molecule has 0 fully saturated rings. The van der Waals surface area contributed by atoms with E-state index in [9.17, 15) is 4.79 Å². The molecule has 1 heterocycles. The highest BCUT2D eigenvalue weighted by Gasteiger charge is 2.33. The van der Waals surface area contributed by atoms with Gasteiger partial charge in [-0.1, -0.05) is 41.9 Å². The number of rotatable bonds is 7. The minimum Gasteiger partial charge on any atom is -0.329 e. The highest BCUT2D eigenvalue weighted by molar-refractivity contribution is 9.10. The van der Waals surface area contributed by atoms with Crippen LogP contribution in [0, 0.1) is 5.41 Å². The maximum atomic E-state index is 12.5. The number of anilines is 1. The zero-order valence-corrected chi connectivity index (χ0v) is 15.0. The molecule has 0 radical (unpaired) electrons. The Labute approximate surface area is 144 Å². The van der Waals surface area contributed by atoms with E-state index in [0.717, 1.165) is 10.0 Å². The first kappa shape index (κ1) is 17.6. The summed E-state index contributed by atoms with van der Waals surface area (Å²) < 4.78 is 2.71. The minimum atomic E-state index is -0.560. The third-order valence-corrected chi connectivity index (χ3v) is 4.71. The normalized spacial score (nSPS) is 11.5. The Balaban J connectivity index is 2.06. The average molecular weight is 380 g/mol. The maximum Gasteiger partial charge on any atom is 0.248 e. The SMILES string of the molecule is CCC(CC)(CN)C(=O)Nc1ncn(Cc2cccc(Br)c2)n1. The predicted molar refractivity (Wildman–Crippen MR) is 94.0 cm³/mol. The van der Waals surface area contributed by atoms with Crippen LogP contribution in [0.4, 0.5) is 5.95 Å². The number of hydrogen-bond acceptors (Lipinski definition) is 4. The van der Waals surface area contributed by atoms with E-state index in [1.165, 1.54) is 0 Å². The second-order valence-corrected chi connectivity index (χ2v) is 6.46. The lowest BCUT2D eigenvalue weighted by molar-refractivity contribution is -0.125. The van der Waals surface area contributed by atoms with Crippen LogP contribution in [0.25, 0.3) is 0 Å². The lowest BCUT2D eigenvalue weighted by atomic mass is 9.81. The van der Waals surface area contributed by atoms with Crippen molar-refractivity contribution in [1.82, 2.24) is 14.8 Å². The van der Waals surface area contributed by atoms with Crippen LogP contribution in [0.3, 0.4) is 0 Å². The van der Waals surface area contributed by atoms with Gasteiger partial charge in [0.15, 0.2) is 0 Å². The molecule has 7 heteroatoms. The van der Waals surface area contributed by atoms with Gasteiger partial charge in [0.25, 0.3) is 0 Å². The lowest BCUT2D eigenvalue weighted by Gasteiger charge is -2.27.